The molecule has 92 valence electrons. The minimum Gasteiger partial charge on any atom is -0.481 e. The Labute approximate surface area is 99.9 Å². The molecule has 0 radical (unpaired) electrons. The van der Waals surface area contributed by atoms with Crippen LogP contribution in [0.2, 0.25) is 0 Å². The number of nitrogens with zero attached hydrogens (tertiary/aromatic N) is 1. The van der Waals surface area contributed by atoms with Gasteiger partial charge in [-0.3, -0.25) is 14.6 Å². The summed E-state index contributed by atoms with van der Waals surface area (Å²) in [6.07, 6.45) is 3.11. The molecule has 0 bridgehead atoms. The largest absolute Gasteiger partial charge is 0.481 e. The number of hydrogen-bond donors (Lipinski definition) is 2. The van der Waals surface area contributed by atoms with Crippen molar-refractivity contribution < 1.29 is 14.7 Å². The van der Waals surface area contributed by atoms with E-state index in [1.807, 2.05) is 6.92 Å². The van der Waals surface area contributed by atoms with E-state index in [-0.39, 0.29) is 12.5 Å². The molecule has 1 aromatic heterocycles. The van der Waals surface area contributed by atoms with Crippen molar-refractivity contribution in [2.24, 2.45) is 5.41 Å². The van der Waals surface area contributed by atoms with Crippen LogP contribution in [-0.2, 0) is 4.79 Å². The van der Waals surface area contributed by atoms with E-state index in [1.54, 1.807) is 26.1 Å². The summed E-state index contributed by atoms with van der Waals surface area (Å²) in [4.78, 5) is 26.5. The van der Waals surface area contributed by atoms with E-state index in [0.717, 1.165) is 5.56 Å². The maximum absolute atomic E-state index is 11.7. The smallest absolute Gasteiger partial charge is 0.310 e. The van der Waals surface area contributed by atoms with Gasteiger partial charge in [0.1, 0.15) is 0 Å². The summed E-state index contributed by atoms with van der Waals surface area (Å²) in [6, 6.07) is 1.70. The molecule has 17 heavy (non-hydrogen) atoms. The van der Waals surface area contributed by atoms with Gasteiger partial charge < -0.3 is 10.4 Å². The zero-order valence-corrected chi connectivity index (χ0v) is 10.2. The van der Waals surface area contributed by atoms with Crippen LogP contribution in [0.15, 0.2) is 18.5 Å². The summed E-state index contributed by atoms with van der Waals surface area (Å²) in [5.41, 5.74) is 0.341. The lowest BCUT2D eigenvalue weighted by molar-refractivity contribution is -0.146. The van der Waals surface area contributed by atoms with Gasteiger partial charge in [-0.15, -0.1) is 0 Å². The number of aliphatic carboxylic acids is 1. The fraction of sp³-hybridized carbons (Fsp3) is 0.417. The summed E-state index contributed by atoms with van der Waals surface area (Å²) >= 11 is 0. The van der Waals surface area contributed by atoms with Crippen molar-refractivity contribution in [2.75, 3.05) is 6.54 Å². The molecule has 5 heteroatoms. The standard InChI is InChI=1S/C12H16N2O3/c1-8-4-9(6-13-5-8)10(15)14-7-12(2,3)11(16)17/h4-6H,7H2,1-3H3,(H,14,15)(H,16,17). The Hall–Kier alpha value is -1.91. The van der Waals surface area contributed by atoms with Gasteiger partial charge in [0.2, 0.25) is 0 Å². The monoisotopic (exact) mass is 236 g/mol. The topological polar surface area (TPSA) is 79.3 Å². The zero-order valence-electron chi connectivity index (χ0n) is 10.2. The van der Waals surface area contributed by atoms with Crippen molar-refractivity contribution in [3.63, 3.8) is 0 Å². The van der Waals surface area contributed by atoms with Gasteiger partial charge in [-0.05, 0) is 32.4 Å². The van der Waals surface area contributed by atoms with E-state index in [2.05, 4.69) is 10.3 Å². The minimum absolute atomic E-state index is 0.0785. The van der Waals surface area contributed by atoms with Crippen LogP contribution in [0.4, 0.5) is 0 Å². The van der Waals surface area contributed by atoms with E-state index >= 15 is 0 Å². The minimum atomic E-state index is -0.979. The number of carboxylic acids is 1. The molecule has 0 spiro atoms. The molecule has 1 amide bonds. The average Bonchev–Trinajstić information content (AvgIpc) is 2.25. The zero-order chi connectivity index (χ0) is 13.1. The van der Waals surface area contributed by atoms with Gasteiger partial charge in [0.15, 0.2) is 0 Å². The second-order valence-electron chi connectivity index (χ2n) is 4.62. The lowest BCUT2D eigenvalue weighted by atomic mass is 9.94. The maximum Gasteiger partial charge on any atom is 0.310 e. The first-order valence-corrected chi connectivity index (χ1v) is 5.26. The molecule has 1 aromatic rings. The van der Waals surface area contributed by atoms with Crippen molar-refractivity contribution in [2.45, 2.75) is 20.8 Å². The number of rotatable bonds is 4. The number of aryl methyl sites for hydroxylation is 1. The molecule has 5 nitrogen and oxygen atoms in total. The predicted molar refractivity (Wildman–Crippen MR) is 62.7 cm³/mol. The Bertz CT molecular complexity index is 441. The number of hydrogen-bond acceptors (Lipinski definition) is 3. The Morgan fingerprint density at radius 2 is 2.06 bits per heavy atom. The van der Waals surface area contributed by atoms with Crippen molar-refractivity contribution in [1.82, 2.24) is 10.3 Å². The number of amides is 1. The van der Waals surface area contributed by atoms with E-state index < -0.39 is 11.4 Å². The van der Waals surface area contributed by atoms with Crippen LogP contribution in [0.5, 0.6) is 0 Å². The highest BCUT2D eigenvalue weighted by atomic mass is 16.4. The number of nitrogens with one attached hydrogen (secondary N) is 1. The lowest BCUT2D eigenvalue weighted by Crippen LogP contribution is -2.38. The van der Waals surface area contributed by atoms with Crippen molar-refractivity contribution >= 4 is 11.9 Å². The first kappa shape index (κ1) is 13.2. The SMILES string of the molecule is Cc1cncc(C(=O)NCC(C)(C)C(=O)O)c1. The molecule has 0 unspecified atom stereocenters. The van der Waals surface area contributed by atoms with Gasteiger partial charge in [-0.25, -0.2) is 0 Å². The van der Waals surface area contributed by atoms with Crippen molar-refractivity contribution in [3.8, 4) is 0 Å². The van der Waals surface area contributed by atoms with Crippen LogP contribution in [0, 0.1) is 12.3 Å². The highest BCUT2D eigenvalue weighted by Gasteiger charge is 2.27. The predicted octanol–water partition coefficient (Wildman–Crippen LogP) is 1.23. The van der Waals surface area contributed by atoms with Crippen LogP contribution >= 0.6 is 0 Å². The van der Waals surface area contributed by atoms with Gasteiger partial charge in [-0.2, -0.15) is 0 Å². The molecule has 1 rings (SSSR count). The fourth-order valence-corrected chi connectivity index (χ4v) is 1.16. The van der Waals surface area contributed by atoms with Gasteiger partial charge in [-0.1, -0.05) is 0 Å². The lowest BCUT2D eigenvalue weighted by Gasteiger charge is -2.19. The average molecular weight is 236 g/mol. The third kappa shape index (κ3) is 3.55. The number of carboxylic acid groups (broad SMARTS) is 1. The molecule has 0 aliphatic rings. The van der Waals surface area contributed by atoms with E-state index in [1.165, 1.54) is 6.20 Å². The molecule has 0 saturated heterocycles. The number of aromatic nitrogens is 1. The van der Waals surface area contributed by atoms with E-state index in [9.17, 15) is 9.59 Å². The summed E-state index contributed by atoms with van der Waals surface area (Å²) in [6.45, 7) is 5.04. The number of carbonyl (C=O) groups is 2. The molecular weight excluding hydrogens is 220 g/mol. The summed E-state index contributed by atoms with van der Waals surface area (Å²) in [7, 11) is 0. The Balaban J connectivity index is 2.65. The highest BCUT2D eigenvalue weighted by molar-refractivity contribution is 5.94. The Kier molecular flexibility index (Phi) is 3.83. The summed E-state index contributed by atoms with van der Waals surface area (Å²) in [5.74, 6) is -1.25. The second kappa shape index (κ2) is 4.95. The molecule has 0 aliphatic carbocycles. The van der Waals surface area contributed by atoms with Gasteiger partial charge in [0.25, 0.3) is 5.91 Å². The van der Waals surface area contributed by atoms with Crippen LogP contribution in [0.25, 0.3) is 0 Å². The van der Waals surface area contributed by atoms with E-state index in [4.69, 9.17) is 5.11 Å². The molecule has 1 heterocycles. The van der Waals surface area contributed by atoms with Crippen LogP contribution in [0.3, 0.4) is 0 Å². The quantitative estimate of drug-likeness (QED) is 0.824. The molecule has 0 saturated carbocycles. The van der Waals surface area contributed by atoms with Crippen LogP contribution in [0.1, 0.15) is 29.8 Å². The maximum atomic E-state index is 11.7. The highest BCUT2D eigenvalue weighted by Crippen LogP contribution is 2.13. The van der Waals surface area contributed by atoms with Crippen LogP contribution < -0.4 is 5.32 Å². The molecule has 0 aromatic carbocycles. The summed E-state index contributed by atoms with van der Waals surface area (Å²) < 4.78 is 0. The molecular formula is C12H16N2O3. The first-order valence-electron chi connectivity index (χ1n) is 5.26. The Morgan fingerprint density at radius 3 is 2.59 bits per heavy atom. The van der Waals surface area contributed by atoms with Gasteiger partial charge >= 0.3 is 5.97 Å². The molecule has 2 N–H and O–H groups in total. The van der Waals surface area contributed by atoms with Crippen molar-refractivity contribution in [1.29, 1.82) is 0 Å². The van der Waals surface area contributed by atoms with Gasteiger partial charge in [0, 0.05) is 18.9 Å². The third-order valence-corrected chi connectivity index (χ3v) is 2.41. The van der Waals surface area contributed by atoms with Crippen LogP contribution in [-0.4, -0.2) is 28.5 Å². The van der Waals surface area contributed by atoms with E-state index in [0.29, 0.717) is 5.56 Å². The summed E-state index contributed by atoms with van der Waals surface area (Å²) in [5, 5.41) is 11.5. The normalized spacial score (nSPS) is 11.0. The number of carbonyl (C=O) groups excluding carboxylic acids is 1. The molecule has 0 aliphatic heterocycles. The first-order chi connectivity index (χ1) is 7.83. The molecule has 0 fully saturated rings. The Morgan fingerprint density at radius 1 is 1.41 bits per heavy atom. The second-order valence-corrected chi connectivity index (χ2v) is 4.62. The fourth-order valence-electron chi connectivity index (χ4n) is 1.16. The van der Waals surface area contributed by atoms with Gasteiger partial charge in [0.05, 0.1) is 11.0 Å². The van der Waals surface area contributed by atoms with Crippen molar-refractivity contribution in [3.05, 3.63) is 29.6 Å². The number of pyridine rings is 1. The molecule has 0 atom stereocenters. The third-order valence-electron chi connectivity index (χ3n) is 2.41.